The summed E-state index contributed by atoms with van der Waals surface area (Å²) >= 11 is 0. The van der Waals surface area contributed by atoms with Gasteiger partial charge in [-0.25, -0.2) is 4.99 Å². The van der Waals surface area contributed by atoms with Crippen molar-refractivity contribution in [1.82, 2.24) is 4.90 Å². The maximum Gasteiger partial charge on any atom is 0.127 e. The second-order valence-electron chi connectivity index (χ2n) is 4.23. The van der Waals surface area contributed by atoms with E-state index in [1.165, 1.54) is 12.8 Å². The average Bonchev–Trinajstić information content (AvgIpc) is 2.21. The molecule has 0 bridgehead atoms. The van der Waals surface area contributed by atoms with E-state index in [-0.39, 0.29) is 0 Å². The fourth-order valence-corrected chi connectivity index (χ4v) is 1.67. The number of aliphatic imine (C=N–C) groups is 1. The van der Waals surface area contributed by atoms with E-state index in [2.05, 4.69) is 23.4 Å². The second-order valence-corrected chi connectivity index (χ2v) is 4.23. The zero-order chi connectivity index (χ0) is 11.3. The monoisotopic (exact) mass is 207 g/mol. The average molecular weight is 207 g/mol. The molecule has 1 rings (SSSR count). The molecule has 1 saturated heterocycles. The van der Waals surface area contributed by atoms with E-state index in [4.69, 9.17) is 5.73 Å². The van der Waals surface area contributed by atoms with E-state index in [9.17, 15) is 0 Å². The Labute approximate surface area is 92.4 Å². The van der Waals surface area contributed by atoms with Gasteiger partial charge in [-0.15, -0.1) is 0 Å². The topological polar surface area (TPSA) is 41.6 Å². The molecule has 0 saturated carbocycles. The third-order valence-corrected chi connectivity index (χ3v) is 2.69. The number of amidine groups is 1. The molecule has 0 amide bonds. The number of nitrogens with two attached hydrogens (primary N) is 1. The summed E-state index contributed by atoms with van der Waals surface area (Å²) < 4.78 is 0. The highest BCUT2D eigenvalue weighted by atomic mass is 15.2. The summed E-state index contributed by atoms with van der Waals surface area (Å²) in [6.07, 6.45) is 5.96. The van der Waals surface area contributed by atoms with Gasteiger partial charge in [0.05, 0.1) is 0 Å². The third kappa shape index (κ3) is 3.78. The standard InChI is InChI=1S/C12H21N3/c1-4-12(14-9-11(3)13)15-7-5-10(2)6-8-15/h4,9-10H,1,5-8,13H2,2-3H3/b11-9-,14-12?. The number of likely N-dealkylation sites (tertiary alicyclic amines) is 1. The Balaban J connectivity index is 2.63. The van der Waals surface area contributed by atoms with Crippen LogP contribution in [0.5, 0.6) is 0 Å². The fourth-order valence-electron chi connectivity index (χ4n) is 1.67. The second kappa shape index (κ2) is 5.59. The third-order valence-electron chi connectivity index (χ3n) is 2.69. The van der Waals surface area contributed by atoms with Crippen molar-refractivity contribution >= 4 is 5.84 Å². The van der Waals surface area contributed by atoms with Crippen molar-refractivity contribution in [2.45, 2.75) is 26.7 Å². The molecule has 1 fully saturated rings. The van der Waals surface area contributed by atoms with Crippen molar-refractivity contribution in [2.24, 2.45) is 16.6 Å². The number of piperidine rings is 1. The number of hydrogen-bond donors (Lipinski definition) is 1. The molecule has 1 aliphatic heterocycles. The van der Waals surface area contributed by atoms with E-state index in [1.54, 1.807) is 12.3 Å². The van der Waals surface area contributed by atoms with Crippen LogP contribution < -0.4 is 5.73 Å². The first-order chi connectivity index (χ1) is 7.13. The molecule has 0 aliphatic carbocycles. The van der Waals surface area contributed by atoms with Crippen LogP contribution in [0.1, 0.15) is 26.7 Å². The first kappa shape index (κ1) is 11.8. The van der Waals surface area contributed by atoms with Crippen LogP contribution in [0.15, 0.2) is 29.5 Å². The van der Waals surface area contributed by atoms with Crippen LogP contribution in [0.3, 0.4) is 0 Å². The lowest BCUT2D eigenvalue weighted by Crippen LogP contribution is -2.36. The Morgan fingerprint density at radius 1 is 1.47 bits per heavy atom. The normalized spacial score (nSPS) is 20.5. The minimum absolute atomic E-state index is 0.722. The zero-order valence-corrected chi connectivity index (χ0v) is 9.74. The molecule has 1 aliphatic rings. The minimum Gasteiger partial charge on any atom is -0.401 e. The maximum absolute atomic E-state index is 5.55. The highest BCUT2D eigenvalue weighted by Crippen LogP contribution is 2.16. The van der Waals surface area contributed by atoms with Crippen LogP contribution in [0.4, 0.5) is 0 Å². The van der Waals surface area contributed by atoms with Gasteiger partial charge in [-0.3, -0.25) is 0 Å². The van der Waals surface area contributed by atoms with Crippen molar-refractivity contribution < 1.29 is 0 Å². The van der Waals surface area contributed by atoms with E-state index < -0.39 is 0 Å². The summed E-state index contributed by atoms with van der Waals surface area (Å²) in [6, 6.07) is 0. The van der Waals surface area contributed by atoms with Crippen LogP contribution in [-0.4, -0.2) is 23.8 Å². The first-order valence-electron chi connectivity index (χ1n) is 5.51. The van der Waals surface area contributed by atoms with Gasteiger partial charge in [-0.2, -0.15) is 0 Å². The van der Waals surface area contributed by atoms with Crippen LogP contribution in [0.2, 0.25) is 0 Å². The van der Waals surface area contributed by atoms with E-state index in [0.717, 1.165) is 30.5 Å². The van der Waals surface area contributed by atoms with Gasteiger partial charge in [0, 0.05) is 25.0 Å². The molecule has 3 heteroatoms. The lowest BCUT2D eigenvalue weighted by Gasteiger charge is -2.31. The summed E-state index contributed by atoms with van der Waals surface area (Å²) in [5.74, 6) is 1.77. The Morgan fingerprint density at radius 2 is 2.07 bits per heavy atom. The highest BCUT2D eigenvalue weighted by Gasteiger charge is 2.16. The molecule has 0 aromatic carbocycles. The smallest absolute Gasteiger partial charge is 0.127 e. The Kier molecular flexibility index (Phi) is 4.40. The first-order valence-corrected chi connectivity index (χ1v) is 5.51. The van der Waals surface area contributed by atoms with Crippen LogP contribution >= 0.6 is 0 Å². The fraction of sp³-hybridized carbons (Fsp3) is 0.583. The Bertz CT molecular complexity index is 267. The zero-order valence-electron chi connectivity index (χ0n) is 9.74. The van der Waals surface area contributed by atoms with Gasteiger partial charge in [0.15, 0.2) is 0 Å². The van der Waals surface area contributed by atoms with Crippen molar-refractivity contribution in [2.75, 3.05) is 13.1 Å². The molecule has 3 nitrogen and oxygen atoms in total. The van der Waals surface area contributed by atoms with Gasteiger partial charge < -0.3 is 10.6 Å². The molecule has 2 N–H and O–H groups in total. The molecule has 0 spiro atoms. The van der Waals surface area contributed by atoms with Crippen molar-refractivity contribution in [1.29, 1.82) is 0 Å². The molecule has 0 atom stereocenters. The lowest BCUT2D eigenvalue weighted by atomic mass is 9.99. The predicted octanol–water partition coefficient (Wildman–Crippen LogP) is 2.12. The molecule has 0 unspecified atom stereocenters. The van der Waals surface area contributed by atoms with Gasteiger partial charge in [-0.1, -0.05) is 13.5 Å². The molecule has 15 heavy (non-hydrogen) atoms. The quantitative estimate of drug-likeness (QED) is 0.556. The number of allylic oxidation sites excluding steroid dienone is 1. The van der Waals surface area contributed by atoms with Crippen molar-refractivity contribution in [3.63, 3.8) is 0 Å². The number of rotatable bonds is 2. The van der Waals surface area contributed by atoms with E-state index >= 15 is 0 Å². The predicted molar refractivity (Wildman–Crippen MR) is 65.5 cm³/mol. The van der Waals surface area contributed by atoms with Gasteiger partial charge in [0.2, 0.25) is 0 Å². The van der Waals surface area contributed by atoms with Gasteiger partial charge in [-0.05, 0) is 31.8 Å². The van der Waals surface area contributed by atoms with Crippen molar-refractivity contribution in [3.8, 4) is 0 Å². The SMILES string of the molecule is C=CC(=N/C=C(/C)N)N1CCC(C)CC1. The number of hydrogen-bond acceptors (Lipinski definition) is 2. The van der Waals surface area contributed by atoms with Crippen LogP contribution in [0, 0.1) is 5.92 Å². The molecule has 1 heterocycles. The molecule has 0 aromatic heterocycles. The van der Waals surface area contributed by atoms with E-state index in [1.807, 2.05) is 6.92 Å². The van der Waals surface area contributed by atoms with E-state index in [0.29, 0.717) is 0 Å². The summed E-state index contributed by atoms with van der Waals surface area (Å²) in [7, 11) is 0. The minimum atomic E-state index is 0.722. The Hall–Kier alpha value is -1.25. The largest absolute Gasteiger partial charge is 0.401 e. The summed E-state index contributed by atoms with van der Waals surface area (Å²) in [5, 5.41) is 0. The summed E-state index contributed by atoms with van der Waals surface area (Å²) in [6.45, 7) is 10.1. The molecule has 0 aromatic rings. The van der Waals surface area contributed by atoms with Crippen LogP contribution in [0.25, 0.3) is 0 Å². The highest BCUT2D eigenvalue weighted by molar-refractivity contribution is 5.93. The van der Waals surface area contributed by atoms with Crippen LogP contribution in [-0.2, 0) is 0 Å². The molecule has 0 radical (unpaired) electrons. The summed E-state index contributed by atoms with van der Waals surface area (Å²) in [5.41, 5.74) is 6.27. The number of nitrogens with zero attached hydrogens (tertiary/aromatic N) is 2. The molecular weight excluding hydrogens is 186 g/mol. The van der Waals surface area contributed by atoms with Gasteiger partial charge in [0.25, 0.3) is 0 Å². The molecular formula is C12H21N3. The molecule has 84 valence electrons. The van der Waals surface area contributed by atoms with Gasteiger partial charge >= 0.3 is 0 Å². The van der Waals surface area contributed by atoms with Crippen molar-refractivity contribution in [3.05, 3.63) is 24.6 Å². The van der Waals surface area contributed by atoms with Gasteiger partial charge in [0.1, 0.15) is 5.84 Å². The summed E-state index contributed by atoms with van der Waals surface area (Å²) in [4.78, 5) is 6.60. The maximum atomic E-state index is 5.55. The lowest BCUT2D eigenvalue weighted by molar-refractivity contribution is 0.281. The Morgan fingerprint density at radius 3 is 2.53 bits per heavy atom.